The summed E-state index contributed by atoms with van der Waals surface area (Å²) in [6.07, 6.45) is 1.63. The minimum absolute atomic E-state index is 0.373. The fraction of sp³-hybridized carbons (Fsp3) is 0.0556. The molecule has 130 valence electrons. The molecule has 0 amide bonds. The van der Waals surface area contributed by atoms with Crippen LogP contribution in [0.15, 0.2) is 52.8 Å². The average Bonchev–Trinajstić information content (AvgIpc) is 3.21. The summed E-state index contributed by atoms with van der Waals surface area (Å²) >= 11 is 13.6. The summed E-state index contributed by atoms with van der Waals surface area (Å²) in [4.78, 5) is 9.53. The molecule has 4 aromatic rings. The lowest BCUT2D eigenvalue weighted by Gasteiger charge is -2.01. The maximum absolute atomic E-state index is 6.15. The standard InChI is InChI=1S/C18H12Cl2N4OS/c1-25-14-6-3-11(4-7-14)16-10-26-18-22-17(23-24(16)18)21-9-12-2-5-13(19)8-15(12)20/h2-10H,1H3/b21-9+. The minimum atomic E-state index is 0.373. The van der Waals surface area contributed by atoms with Crippen molar-refractivity contribution in [1.29, 1.82) is 0 Å². The van der Waals surface area contributed by atoms with E-state index in [0.29, 0.717) is 16.0 Å². The van der Waals surface area contributed by atoms with Gasteiger partial charge in [-0.3, -0.25) is 0 Å². The van der Waals surface area contributed by atoms with Crippen LogP contribution in [0.5, 0.6) is 5.75 Å². The van der Waals surface area contributed by atoms with Gasteiger partial charge in [-0.05, 0) is 36.4 Å². The maximum atomic E-state index is 6.15. The Labute approximate surface area is 163 Å². The molecule has 4 rings (SSSR count). The summed E-state index contributed by atoms with van der Waals surface area (Å²) in [5.41, 5.74) is 2.73. The number of thiazole rings is 1. The summed E-state index contributed by atoms with van der Waals surface area (Å²) in [6.45, 7) is 0. The molecule has 5 nitrogen and oxygen atoms in total. The van der Waals surface area contributed by atoms with Crippen LogP contribution in [0.25, 0.3) is 16.2 Å². The van der Waals surface area contributed by atoms with Gasteiger partial charge in [0.2, 0.25) is 4.96 Å². The number of methoxy groups -OCH3 is 1. The first-order valence-electron chi connectivity index (χ1n) is 7.62. The Hall–Kier alpha value is -2.41. The number of aromatic nitrogens is 3. The topological polar surface area (TPSA) is 51.8 Å². The second-order valence-corrected chi connectivity index (χ2v) is 7.06. The number of benzene rings is 2. The van der Waals surface area contributed by atoms with Crippen molar-refractivity contribution in [1.82, 2.24) is 14.6 Å². The summed E-state index contributed by atoms with van der Waals surface area (Å²) in [5.74, 6) is 1.18. The smallest absolute Gasteiger partial charge is 0.269 e. The third-order valence-electron chi connectivity index (χ3n) is 3.74. The fourth-order valence-corrected chi connectivity index (χ4v) is 3.70. The number of ether oxygens (including phenoxy) is 1. The van der Waals surface area contributed by atoms with Crippen molar-refractivity contribution in [2.24, 2.45) is 4.99 Å². The lowest BCUT2D eigenvalue weighted by Crippen LogP contribution is -1.89. The van der Waals surface area contributed by atoms with Crippen molar-refractivity contribution in [2.75, 3.05) is 7.11 Å². The zero-order chi connectivity index (χ0) is 18.1. The van der Waals surface area contributed by atoms with Gasteiger partial charge in [0, 0.05) is 27.7 Å². The highest BCUT2D eigenvalue weighted by atomic mass is 35.5. The average molecular weight is 403 g/mol. The van der Waals surface area contributed by atoms with Gasteiger partial charge in [-0.15, -0.1) is 16.4 Å². The van der Waals surface area contributed by atoms with Crippen LogP contribution < -0.4 is 4.74 Å². The lowest BCUT2D eigenvalue weighted by atomic mass is 10.2. The summed E-state index contributed by atoms with van der Waals surface area (Å²) < 4.78 is 6.98. The molecule has 0 unspecified atom stereocenters. The van der Waals surface area contributed by atoms with E-state index < -0.39 is 0 Å². The predicted molar refractivity (Wildman–Crippen MR) is 107 cm³/mol. The second kappa shape index (κ2) is 7.07. The Kier molecular flexibility index (Phi) is 4.63. The van der Waals surface area contributed by atoms with Crippen LogP contribution >= 0.6 is 34.5 Å². The molecule has 0 saturated heterocycles. The van der Waals surface area contributed by atoms with E-state index >= 15 is 0 Å². The summed E-state index contributed by atoms with van der Waals surface area (Å²) in [5, 5.41) is 7.60. The minimum Gasteiger partial charge on any atom is -0.497 e. The zero-order valence-corrected chi connectivity index (χ0v) is 15.9. The number of fused-ring (bicyclic) bond motifs is 1. The van der Waals surface area contributed by atoms with Gasteiger partial charge in [0.1, 0.15) is 5.75 Å². The van der Waals surface area contributed by atoms with Crippen LogP contribution in [0.4, 0.5) is 5.95 Å². The molecule has 0 aliphatic carbocycles. The maximum Gasteiger partial charge on any atom is 0.269 e. The summed E-state index contributed by atoms with van der Waals surface area (Å²) in [6, 6.07) is 13.0. The number of hydrogen-bond donors (Lipinski definition) is 0. The first-order chi connectivity index (χ1) is 12.6. The monoisotopic (exact) mass is 402 g/mol. The van der Waals surface area contributed by atoms with Crippen molar-refractivity contribution >= 4 is 51.7 Å². The molecule has 0 N–H and O–H groups in total. The van der Waals surface area contributed by atoms with Crippen molar-refractivity contribution in [3.63, 3.8) is 0 Å². The summed E-state index contributed by atoms with van der Waals surface area (Å²) in [7, 11) is 1.65. The van der Waals surface area contributed by atoms with Crippen LogP contribution in [-0.4, -0.2) is 27.9 Å². The molecule has 2 aromatic carbocycles. The second-order valence-electron chi connectivity index (χ2n) is 5.38. The van der Waals surface area contributed by atoms with Crippen LogP contribution in [-0.2, 0) is 0 Å². The highest BCUT2D eigenvalue weighted by Gasteiger charge is 2.11. The molecule has 0 bridgehead atoms. The van der Waals surface area contributed by atoms with Gasteiger partial charge in [-0.1, -0.05) is 29.3 Å². The van der Waals surface area contributed by atoms with Crippen molar-refractivity contribution in [2.45, 2.75) is 0 Å². The molecule has 0 aliphatic heterocycles. The van der Waals surface area contributed by atoms with E-state index in [4.69, 9.17) is 27.9 Å². The first-order valence-corrected chi connectivity index (χ1v) is 9.25. The highest BCUT2D eigenvalue weighted by molar-refractivity contribution is 7.15. The number of rotatable bonds is 4. The number of nitrogens with zero attached hydrogens (tertiary/aromatic N) is 4. The Morgan fingerprint density at radius 2 is 1.96 bits per heavy atom. The van der Waals surface area contributed by atoms with Crippen LogP contribution in [0.3, 0.4) is 0 Å². The molecular weight excluding hydrogens is 391 g/mol. The Bertz CT molecular complexity index is 1100. The van der Waals surface area contributed by atoms with Crippen molar-refractivity contribution in [3.8, 4) is 17.0 Å². The molecule has 0 fully saturated rings. The van der Waals surface area contributed by atoms with Crippen LogP contribution in [0.2, 0.25) is 10.0 Å². The predicted octanol–water partition coefficient (Wildman–Crippen LogP) is 5.52. The molecule has 8 heteroatoms. The van der Waals surface area contributed by atoms with Gasteiger partial charge >= 0.3 is 0 Å². The normalized spacial score (nSPS) is 11.5. The van der Waals surface area contributed by atoms with Crippen LogP contribution in [0, 0.1) is 0 Å². The fourth-order valence-electron chi connectivity index (χ4n) is 2.42. The van der Waals surface area contributed by atoms with E-state index in [1.54, 1.807) is 36.0 Å². The van der Waals surface area contributed by atoms with E-state index in [0.717, 1.165) is 27.5 Å². The van der Waals surface area contributed by atoms with Crippen LogP contribution in [0.1, 0.15) is 5.56 Å². The quantitative estimate of drug-likeness (QED) is 0.422. The number of hydrogen-bond acceptors (Lipinski definition) is 5. The van der Waals surface area contributed by atoms with Gasteiger partial charge in [0.25, 0.3) is 5.95 Å². The molecule has 0 radical (unpaired) electrons. The van der Waals surface area contributed by atoms with E-state index in [1.165, 1.54) is 11.3 Å². The highest BCUT2D eigenvalue weighted by Crippen LogP contribution is 2.28. The van der Waals surface area contributed by atoms with E-state index in [1.807, 2.05) is 29.6 Å². The largest absolute Gasteiger partial charge is 0.497 e. The van der Waals surface area contributed by atoms with E-state index in [-0.39, 0.29) is 0 Å². The third-order valence-corrected chi connectivity index (χ3v) is 5.12. The molecule has 0 spiro atoms. The van der Waals surface area contributed by atoms with Crippen molar-refractivity contribution < 1.29 is 4.74 Å². The first kappa shape index (κ1) is 17.0. The Balaban J connectivity index is 1.66. The number of aliphatic imine (C=N–C) groups is 1. The molecule has 2 heterocycles. The lowest BCUT2D eigenvalue weighted by molar-refractivity contribution is 0.415. The Morgan fingerprint density at radius 1 is 1.15 bits per heavy atom. The third kappa shape index (κ3) is 3.31. The van der Waals surface area contributed by atoms with Gasteiger partial charge < -0.3 is 4.74 Å². The SMILES string of the molecule is COc1ccc(-c2csc3nc(/N=C/c4ccc(Cl)cc4Cl)nn23)cc1. The molecular formula is C18H12Cl2N4OS. The molecule has 0 saturated carbocycles. The van der Waals surface area contributed by atoms with Gasteiger partial charge in [-0.2, -0.15) is 4.98 Å². The van der Waals surface area contributed by atoms with E-state index in [2.05, 4.69) is 15.1 Å². The number of halogens is 2. The molecule has 0 aliphatic rings. The van der Waals surface area contributed by atoms with E-state index in [9.17, 15) is 0 Å². The van der Waals surface area contributed by atoms with Gasteiger partial charge in [0.05, 0.1) is 17.8 Å². The van der Waals surface area contributed by atoms with Crippen molar-refractivity contribution in [3.05, 3.63) is 63.5 Å². The Morgan fingerprint density at radius 3 is 2.69 bits per heavy atom. The molecule has 26 heavy (non-hydrogen) atoms. The van der Waals surface area contributed by atoms with Gasteiger partial charge in [0.15, 0.2) is 0 Å². The zero-order valence-electron chi connectivity index (χ0n) is 13.6. The molecule has 2 aromatic heterocycles. The van der Waals surface area contributed by atoms with Gasteiger partial charge in [-0.25, -0.2) is 9.51 Å². The molecule has 0 atom stereocenters.